The van der Waals surface area contributed by atoms with Crippen LogP contribution in [0.15, 0.2) is 71.6 Å². The normalized spacial score (nSPS) is 11.1. The molecule has 0 saturated heterocycles. The summed E-state index contributed by atoms with van der Waals surface area (Å²) in [6, 6.07) is 14.2. The molecule has 0 radical (unpaired) electrons. The average Bonchev–Trinajstić information content (AvgIpc) is 3.46. The van der Waals surface area contributed by atoms with Gasteiger partial charge in [-0.1, -0.05) is 18.2 Å². The highest BCUT2D eigenvalue weighted by atomic mass is 19.3. The van der Waals surface area contributed by atoms with Crippen molar-refractivity contribution in [3.8, 4) is 17.1 Å². The highest BCUT2D eigenvalue weighted by Crippen LogP contribution is 2.22. The van der Waals surface area contributed by atoms with Crippen molar-refractivity contribution in [2.24, 2.45) is 0 Å². The van der Waals surface area contributed by atoms with Gasteiger partial charge >= 0.3 is 6.55 Å². The predicted octanol–water partition coefficient (Wildman–Crippen LogP) is 3.65. The maximum Gasteiger partial charge on any atom is 0.319 e. The van der Waals surface area contributed by atoms with Crippen molar-refractivity contribution >= 4 is 5.91 Å². The lowest BCUT2D eigenvalue weighted by Gasteiger charge is -2.09. The molecule has 0 spiro atoms. The van der Waals surface area contributed by atoms with Crippen LogP contribution in [0.25, 0.3) is 17.1 Å². The van der Waals surface area contributed by atoms with Gasteiger partial charge in [0.25, 0.3) is 5.91 Å². The monoisotopic (exact) mass is 383 g/mol. The van der Waals surface area contributed by atoms with Gasteiger partial charge in [0, 0.05) is 18.5 Å². The number of nitrogens with one attached hydrogen (secondary N) is 1. The maximum absolute atomic E-state index is 12.9. The SMILES string of the molecule is O=C(NCc1nccn1C(F)F)c1cc(-c2ccco2)nn1-c1ccccc1. The van der Waals surface area contributed by atoms with Gasteiger partial charge < -0.3 is 9.73 Å². The third kappa shape index (κ3) is 3.41. The number of nitrogens with zero attached hydrogens (tertiary/aromatic N) is 4. The average molecular weight is 383 g/mol. The molecule has 3 aromatic heterocycles. The van der Waals surface area contributed by atoms with Gasteiger partial charge in [0.2, 0.25) is 0 Å². The number of hydrogen-bond acceptors (Lipinski definition) is 4. The molecule has 1 amide bonds. The molecule has 1 N–H and O–H groups in total. The van der Waals surface area contributed by atoms with E-state index in [9.17, 15) is 13.6 Å². The molecular formula is C19H15F2N5O2. The second-order valence-corrected chi connectivity index (χ2v) is 5.85. The minimum absolute atomic E-state index is 0.0559. The van der Waals surface area contributed by atoms with Crippen LogP contribution in [-0.4, -0.2) is 25.2 Å². The second kappa shape index (κ2) is 7.47. The molecule has 0 aliphatic rings. The van der Waals surface area contributed by atoms with Crippen LogP contribution in [0.1, 0.15) is 22.9 Å². The third-order valence-electron chi connectivity index (χ3n) is 4.08. The first-order chi connectivity index (χ1) is 13.6. The van der Waals surface area contributed by atoms with Crippen LogP contribution in [-0.2, 0) is 6.54 Å². The molecule has 0 atom stereocenters. The van der Waals surface area contributed by atoms with Crippen molar-refractivity contribution in [3.63, 3.8) is 0 Å². The predicted molar refractivity (Wildman–Crippen MR) is 95.9 cm³/mol. The number of carbonyl (C=O) groups is 1. The van der Waals surface area contributed by atoms with Crippen molar-refractivity contribution in [2.45, 2.75) is 13.1 Å². The van der Waals surface area contributed by atoms with Crippen molar-refractivity contribution in [1.29, 1.82) is 0 Å². The van der Waals surface area contributed by atoms with Crippen LogP contribution >= 0.6 is 0 Å². The number of amides is 1. The van der Waals surface area contributed by atoms with Crippen molar-refractivity contribution in [3.05, 3.63) is 78.7 Å². The summed E-state index contributed by atoms with van der Waals surface area (Å²) < 4.78 is 33.4. The van der Waals surface area contributed by atoms with E-state index in [1.165, 1.54) is 17.1 Å². The van der Waals surface area contributed by atoms with Gasteiger partial charge in [-0.05, 0) is 24.3 Å². The Balaban J connectivity index is 1.64. The number of alkyl halides is 2. The molecule has 0 bridgehead atoms. The lowest BCUT2D eigenvalue weighted by Crippen LogP contribution is -2.27. The zero-order chi connectivity index (χ0) is 19.5. The largest absolute Gasteiger partial charge is 0.463 e. The summed E-state index contributed by atoms with van der Waals surface area (Å²) in [4.78, 5) is 16.6. The second-order valence-electron chi connectivity index (χ2n) is 5.85. The van der Waals surface area contributed by atoms with Gasteiger partial charge in [-0.3, -0.25) is 9.36 Å². The van der Waals surface area contributed by atoms with Crippen molar-refractivity contribution in [1.82, 2.24) is 24.6 Å². The van der Waals surface area contributed by atoms with E-state index in [-0.39, 0.29) is 18.1 Å². The standard InChI is InChI=1S/C19H15F2N5O2/c20-19(21)25-9-8-22-17(25)12-23-18(27)15-11-14(16-7-4-10-28-16)24-26(15)13-5-2-1-3-6-13/h1-11,19H,12H2,(H,23,27). The molecule has 28 heavy (non-hydrogen) atoms. The highest BCUT2D eigenvalue weighted by Gasteiger charge is 2.20. The first kappa shape index (κ1) is 17.7. The summed E-state index contributed by atoms with van der Waals surface area (Å²) in [7, 11) is 0. The summed E-state index contributed by atoms with van der Waals surface area (Å²) in [6.45, 7) is -2.87. The number of rotatable bonds is 6. The molecule has 142 valence electrons. The van der Waals surface area contributed by atoms with Gasteiger partial charge in [0.15, 0.2) is 5.76 Å². The van der Waals surface area contributed by atoms with Crippen LogP contribution < -0.4 is 5.32 Å². The summed E-state index contributed by atoms with van der Waals surface area (Å²) >= 11 is 0. The Morgan fingerprint density at radius 2 is 2.00 bits per heavy atom. The van der Waals surface area contributed by atoms with E-state index in [4.69, 9.17) is 4.42 Å². The van der Waals surface area contributed by atoms with E-state index in [0.717, 1.165) is 6.20 Å². The van der Waals surface area contributed by atoms with Gasteiger partial charge in [-0.15, -0.1) is 0 Å². The fourth-order valence-electron chi connectivity index (χ4n) is 2.76. The Kier molecular flexibility index (Phi) is 4.71. The lowest BCUT2D eigenvalue weighted by molar-refractivity contribution is 0.0660. The van der Waals surface area contributed by atoms with E-state index in [2.05, 4.69) is 15.4 Å². The minimum atomic E-state index is -2.73. The Morgan fingerprint density at radius 1 is 1.18 bits per heavy atom. The van der Waals surface area contributed by atoms with Crippen LogP contribution in [0.5, 0.6) is 0 Å². The fraction of sp³-hybridized carbons (Fsp3) is 0.105. The Morgan fingerprint density at radius 3 is 2.71 bits per heavy atom. The van der Waals surface area contributed by atoms with Crippen LogP contribution in [0, 0.1) is 0 Å². The van der Waals surface area contributed by atoms with E-state index in [0.29, 0.717) is 21.7 Å². The molecule has 4 aromatic rings. The van der Waals surface area contributed by atoms with E-state index in [1.807, 2.05) is 18.2 Å². The number of aromatic nitrogens is 4. The summed E-state index contributed by atoms with van der Waals surface area (Å²) in [6.07, 6.45) is 3.94. The number of carbonyl (C=O) groups excluding carboxylic acids is 1. The van der Waals surface area contributed by atoms with Gasteiger partial charge in [-0.25, -0.2) is 9.67 Å². The van der Waals surface area contributed by atoms with Crippen LogP contribution in [0.2, 0.25) is 0 Å². The number of furan rings is 1. The number of halogens is 2. The molecule has 1 aromatic carbocycles. The van der Waals surface area contributed by atoms with Crippen LogP contribution in [0.3, 0.4) is 0 Å². The fourth-order valence-corrected chi connectivity index (χ4v) is 2.76. The van der Waals surface area contributed by atoms with Gasteiger partial charge in [-0.2, -0.15) is 13.9 Å². The first-order valence-electron chi connectivity index (χ1n) is 8.41. The van der Waals surface area contributed by atoms with E-state index >= 15 is 0 Å². The van der Waals surface area contributed by atoms with Gasteiger partial charge in [0.05, 0.1) is 18.5 Å². The topological polar surface area (TPSA) is 77.9 Å². The Bertz CT molecular complexity index is 1070. The molecular weight excluding hydrogens is 368 g/mol. The summed E-state index contributed by atoms with van der Waals surface area (Å²) in [5.41, 5.74) is 1.40. The quantitative estimate of drug-likeness (QED) is 0.551. The Hall–Kier alpha value is -3.75. The number of imidazole rings is 1. The van der Waals surface area contributed by atoms with E-state index in [1.54, 1.807) is 30.3 Å². The number of para-hydroxylation sites is 1. The zero-order valence-corrected chi connectivity index (χ0v) is 14.5. The molecule has 0 fully saturated rings. The first-order valence-corrected chi connectivity index (χ1v) is 8.41. The Labute approximate surface area is 158 Å². The number of hydrogen-bond donors (Lipinski definition) is 1. The molecule has 0 saturated carbocycles. The minimum Gasteiger partial charge on any atom is -0.463 e. The smallest absolute Gasteiger partial charge is 0.319 e. The van der Waals surface area contributed by atoms with Gasteiger partial charge in [0.1, 0.15) is 17.2 Å². The summed E-state index contributed by atoms with van der Waals surface area (Å²) in [5, 5.41) is 7.07. The molecule has 0 aliphatic heterocycles. The maximum atomic E-state index is 12.9. The van der Waals surface area contributed by atoms with Crippen molar-refractivity contribution in [2.75, 3.05) is 0 Å². The lowest BCUT2D eigenvalue weighted by atomic mass is 10.2. The van der Waals surface area contributed by atoms with Crippen molar-refractivity contribution < 1.29 is 18.0 Å². The molecule has 0 aliphatic carbocycles. The number of benzene rings is 1. The van der Waals surface area contributed by atoms with Crippen LogP contribution in [0.4, 0.5) is 8.78 Å². The molecule has 3 heterocycles. The molecule has 4 rings (SSSR count). The highest BCUT2D eigenvalue weighted by molar-refractivity contribution is 5.94. The third-order valence-corrected chi connectivity index (χ3v) is 4.08. The molecule has 0 unspecified atom stereocenters. The molecule has 7 nitrogen and oxygen atoms in total. The van der Waals surface area contributed by atoms with E-state index < -0.39 is 12.5 Å². The summed E-state index contributed by atoms with van der Waals surface area (Å²) in [5.74, 6) is 0.0929. The molecule has 9 heteroatoms. The zero-order valence-electron chi connectivity index (χ0n) is 14.5.